The van der Waals surface area contributed by atoms with E-state index in [-0.39, 0.29) is 5.76 Å². The van der Waals surface area contributed by atoms with Crippen LogP contribution in [0.3, 0.4) is 0 Å². The molecule has 0 aliphatic rings. The standard InChI is InChI=1S/C18H13NO4/c1-11-15-9-14(21-2)7-8-16(15)23-17(11)18(20)22-13-5-3-12(10-19)4-6-13/h3-9H,1-2H3. The molecule has 23 heavy (non-hydrogen) atoms. The molecule has 0 atom stereocenters. The van der Waals surface area contributed by atoms with Crippen molar-refractivity contribution in [2.24, 2.45) is 0 Å². The number of benzene rings is 2. The fourth-order valence-corrected chi connectivity index (χ4v) is 2.27. The van der Waals surface area contributed by atoms with Gasteiger partial charge in [-0.25, -0.2) is 4.79 Å². The highest BCUT2D eigenvalue weighted by atomic mass is 16.5. The van der Waals surface area contributed by atoms with E-state index >= 15 is 0 Å². The molecule has 3 rings (SSSR count). The SMILES string of the molecule is COc1ccc2oc(C(=O)Oc3ccc(C#N)cc3)c(C)c2c1. The first kappa shape index (κ1) is 14.7. The van der Waals surface area contributed by atoms with Crippen molar-refractivity contribution in [1.82, 2.24) is 0 Å². The predicted octanol–water partition coefficient (Wildman–Crippen LogP) is 3.84. The lowest BCUT2D eigenvalue weighted by molar-refractivity contribution is 0.0703. The van der Waals surface area contributed by atoms with Crippen LogP contribution in [0.15, 0.2) is 46.9 Å². The maximum absolute atomic E-state index is 12.3. The van der Waals surface area contributed by atoms with Gasteiger partial charge in [0.1, 0.15) is 17.1 Å². The highest BCUT2D eigenvalue weighted by molar-refractivity contribution is 5.97. The third-order valence-corrected chi connectivity index (χ3v) is 3.52. The van der Waals surface area contributed by atoms with Crippen molar-refractivity contribution in [3.8, 4) is 17.6 Å². The molecule has 5 heteroatoms. The van der Waals surface area contributed by atoms with Gasteiger partial charge in [-0.15, -0.1) is 0 Å². The summed E-state index contributed by atoms with van der Waals surface area (Å²) in [5, 5.41) is 9.57. The zero-order chi connectivity index (χ0) is 16.4. The summed E-state index contributed by atoms with van der Waals surface area (Å²) in [4.78, 5) is 12.3. The zero-order valence-corrected chi connectivity index (χ0v) is 12.6. The molecule has 0 bridgehead atoms. The van der Waals surface area contributed by atoms with Crippen molar-refractivity contribution < 1.29 is 18.7 Å². The Hall–Kier alpha value is -3.26. The number of nitriles is 1. The predicted molar refractivity (Wildman–Crippen MR) is 83.6 cm³/mol. The molecule has 2 aromatic carbocycles. The monoisotopic (exact) mass is 307 g/mol. The first-order valence-electron chi connectivity index (χ1n) is 6.92. The van der Waals surface area contributed by atoms with Crippen LogP contribution in [0.25, 0.3) is 11.0 Å². The van der Waals surface area contributed by atoms with E-state index in [0.717, 1.165) is 5.39 Å². The first-order valence-corrected chi connectivity index (χ1v) is 6.92. The Kier molecular flexibility index (Phi) is 3.73. The van der Waals surface area contributed by atoms with Crippen LogP contribution in [0, 0.1) is 18.3 Å². The molecule has 114 valence electrons. The third-order valence-electron chi connectivity index (χ3n) is 3.52. The van der Waals surface area contributed by atoms with Gasteiger partial charge in [-0.2, -0.15) is 5.26 Å². The number of furan rings is 1. The Bertz CT molecular complexity index is 917. The fraction of sp³-hybridized carbons (Fsp3) is 0.111. The molecule has 5 nitrogen and oxygen atoms in total. The number of aryl methyl sites for hydroxylation is 1. The normalized spacial score (nSPS) is 10.3. The van der Waals surface area contributed by atoms with Crippen molar-refractivity contribution >= 4 is 16.9 Å². The zero-order valence-electron chi connectivity index (χ0n) is 12.6. The molecule has 0 aliphatic carbocycles. The third kappa shape index (κ3) is 2.74. The summed E-state index contributed by atoms with van der Waals surface area (Å²) in [7, 11) is 1.58. The number of rotatable bonds is 3. The molecular formula is C18H13NO4. The van der Waals surface area contributed by atoms with Gasteiger partial charge in [0.05, 0.1) is 18.7 Å². The first-order chi connectivity index (χ1) is 11.1. The number of nitrogens with zero attached hydrogens (tertiary/aromatic N) is 1. The summed E-state index contributed by atoms with van der Waals surface area (Å²) < 4.78 is 16.1. The van der Waals surface area contributed by atoms with E-state index in [1.165, 1.54) is 0 Å². The van der Waals surface area contributed by atoms with E-state index in [1.807, 2.05) is 12.1 Å². The Morgan fingerprint density at radius 1 is 1.13 bits per heavy atom. The second kappa shape index (κ2) is 5.85. The topological polar surface area (TPSA) is 72.5 Å². The molecule has 0 spiro atoms. The Balaban J connectivity index is 1.91. The van der Waals surface area contributed by atoms with E-state index in [1.54, 1.807) is 50.4 Å². The molecule has 3 aromatic rings. The van der Waals surface area contributed by atoms with Gasteiger partial charge in [0.15, 0.2) is 0 Å². The maximum atomic E-state index is 12.3. The minimum absolute atomic E-state index is 0.151. The molecule has 0 unspecified atom stereocenters. The van der Waals surface area contributed by atoms with Gasteiger partial charge in [0.2, 0.25) is 5.76 Å². The van der Waals surface area contributed by atoms with Crippen LogP contribution in [-0.2, 0) is 0 Å². The second-order valence-corrected chi connectivity index (χ2v) is 4.94. The average Bonchev–Trinajstić information content (AvgIpc) is 2.92. The molecule has 0 N–H and O–H groups in total. The molecule has 0 radical (unpaired) electrons. The Morgan fingerprint density at radius 2 is 1.83 bits per heavy atom. The smallest absolute Gasteiger partial charge is 0.379 e. The second-order valence-electron chi connectivity index (χ2n) is 4.94. The average molecular weight is 307 g/mol. The van der Waals surface area contributed by atoms with E-state index < -0.39 is 5.97 Å². The van der Waals surface area contributed by atoms with Crippen molar-refractivity contribution in [3.05, 3.63) is 59.4 Å². The van der Waals surface area contributed by atoms with Crippen LogP contribution in [0.5, 0.6) is 11.5 Å². The van der Waals surface area contributed by atoms with E-state index in [9.17, 15) is 4.79 Å². The van der Waals surface area contributed by atoms with Crippen LogP contribution in [-0.4, -0.2) is 13.1 Å². The molecule has 0 aliphatic heterocycles. The number of methoxy groups -OCH3 is 1. The van der Waals surface area contributed by atoms with Crippen LogP contribution >= 0.6 is 0 Å². The van der Waals surface area contributed by atoms with Gasteiger partial charge in [-0.05, 0) is 49.4 Å². The minimum Gasteiger partial charge on any atom is -0.497 e. The summed E-state index contributed by atoms with van der Waals surface area (Å²) >= 11 is 0. The number of fused-ring (bicyclic) bond motifs is 1. The Morgan fingerprint density at radius 3 is 2.48 bits per heavy atom. The van der Waals surface area contributed by atoms with E-state index in [2.05, 4.69) is 0 Å². The number of carbonyl (C=O) groups is 1. The number of ether oxygens (including phenoxy) is 2. The van der Waals surface area contributed by atoms with Crippen LogP contribution in [0.4, 0.5) is 0 Å². The maximum Gasteiger partial charge on any atom is 0.379 e. The van der Waals surface area contributed by atoms with Gasteiger partial charge in [0.25, 0.3) is 0 Å². The van der Waals surface area contributed by atoms with E-state index in [0.29, 0.717) is 28.2 Å². The lowest BCUT2D eigenvalue weighted by atomic mass is 10.1. The van der Waals surface area contributed by atoms with Crippen molar-refractivity contribution in [3.63, 3.8) is 0 Å². The van der Waals surface area contributed by atoms with Gasteiger partial charge in [0, 0.05) is 10.9 Å². The summed E-state index contributed by atoms with van der Waals surface area (Å²) in [5.41, 5.74) is 1.78. The van der Waals surface area contributed by atoms with Crippen molar-refractivity contribution in [2.45, 2.75) is 6.92 Å². The number of carbonyl (C=O) groups excluding carboxylic acids is 1. The lowest BCUT2D eigenvalue weighted by Crippen LogP contribution is -2.08. The summed E-state index contributed by atoms with van der Waals surface area (Å²) in [6, 6.07) is 13.6. The van der Waals surface area contributed by atoms with Crippen molar-refractivity contribution in [1.29, 1.82) is 5.26 Å². The molecule has 1 heterocycles. The number of esters is 1. The summed E-state index contributed by atoms with van der Waals surface area (Å²) in [6.45, 7) is 1.79. The molecule has 1 aromatic heterocycles. The quantitative estimate of drug-likeness (QED) is 0.543. The van der Waals surface area contributed by atoms with Crippen LogP contribution in [0.1, 0.15) is 21.7 Å². The minimum atomic E-state index is -0.581. The molecule has 0 saturated heterocycles. The molecular weight excluding hydrogens is 294 g/mol. The molecule has 0 amide bonds. The molecule has 0 fully saturated rings. The van der Waals surface area contributed by atoms with Crippen LogP contribution < -0.4 is 9.47 Å². The largest absolute Gasteiger partial charge is 0.497 e. The van der Waals surface area contributed by atoms with E-state index in [4.69, 9.17) is 19.2 Å². The Labute approximate surface area is 132 Å². The van der Waals surface area contributed by atoms with Gasteiger partial charge in [-0.3, -0.25) is 0 Å². The highest BCUT2D eigenvalue weighted by Crippen LogP contribution is 2.29. The van der Waals surface area contributed by atoms with Crippen LogP contribution in [0.2, 0.25) is 0 Å². The van der Waals surface area contributed by atoms with Crippen molar-refractivity contribution in [2.75, 3.05) is 7.11 Å². The molecule has 0 saturated carbocycles. The summed E-state index contributed by atoms with van der Waals surface area (Å²) in [5.74, 6) is 0.611. The van der Waals surface area contributed by atoms with Gasteiger partial charge < -0.3 is 13.9 Å². The fourth-order valence-electron chi connectivity index (χ4n) is 2.27. The lowest BCUT2D eigenvalue weighted by Gasteiger charge is -2.02. The summed E-state index contributed by atoms with van der Waals surface area (Å²) in [6.07, 6.45) is 0. The number of hydrogen-bond acceptors (Lipinski definition) is 5. The number of hydrogen-bond donors (Lipinski definition) is 0. The van der Waals surface area contributed by atoms with Gasteiger partial charge in [-0.1, -0.05) is 0 Å². The highest BCUT2D eigenvalue weighted by Gasteiger charge is 2.20. The van der Waals surface area contributed by atoms with Gasteiger partial charge >= 0.3 is 5.97 Å².